The van der Waals surface area contributed by atoms with Gasteiger partial charge in [0.2, 0.25) is 0 Å². The van der Waals surface area contributed by atoms with Crippen molar-refractivity contribution < 1.29 is 4.48 Å². The molecule has 0 aromatic carbocycles. The number of quaternary nitrogens is 1. The van der Waals surface area contributed by atoms with Crippen LogP contribution in [0, 0.1) is 0 Å². The van der Waals surface area contributed by atoms with E-state index in [9.17, 15) is 0 Å². The fourth-order valence-corrected chi connectivity index (χ4v) is 1.80. The highest BCUT2D eigenvalue weighted by Crippen LogP contribution is 2.26. The van der Waals surface area contributed by atoms with Crippen LogP contribution >= 0.6 is 0 Å². The Balaban J connectivity index is 2.14. The fourth-order valence-electron chi connectivity index (χ4n) is 1.80. The summed E-state index contributed by atoms with van der Waals surface area (Å²) in [5, 5.41) is 0. The summed E-state index contributed by atoms with van der Waals surface area (Å²) in [6.07, 6.45) is 4.22. The second-order valence-electron chi connectivity index (χ2n) is 4.19. The van der Waals surface area contributed by atoms with Crippen LogP contribution in [0.15, 0.2) is 0 Å². The summed E-state index contributed by atoms with van der Waals surface area (Å²) in [5.41, 5.74) is 0. The summed E-state index contributed by atoms with van der Waals surface area (Å²) in [6, 6.07) is 0.867. The van der Waals surface area contributed by atoms with Gasteiger partial charge in [0.25, 0.3) is 0 Å². The van der Waals surface area contributed by atoms with Gasteiger partial charge in [-0.2, -0.15) is 0 Å². The van der Waals surface area contributed by atoms with Crippen LogP contribution in [-0.2, 0) is 0 Å². The summed E-state index contributed by atoms with van der Waals surface area (Å²) >= 11 is 0. The van der Waals surface area contributed by atoms with E-state index in [-0.39, 0.29) is 0 Å². The molecule has 0 spiro atoms. The van der Waals surface area contributed by atoms with Crippen molar-refractivity contribution in [3.05, 3.63) is 0 Å². The lowest BCUT2D eigenvalue weighted by Gasteiger charge is -2.22. The van der Waals surface area contributed by atoms with Crippen molar-refractivity contribution in [2.24, 2.45) is 0 Å². The number of hydrogen-bond acceptors (Lipinski definition) is 0. The lowest BCUT2D eigenvalue weighted by molar-refractivity contribution is -0.823. The summed E-state index contributed by atoms with van der Waals surface area (Å²) < 4.78 is 1.42. The Labute approximate surface area is 71.0 Å². The molecule has 1 aliphatic heterocycles. The third-order valence-electron chi connectivity index (χ3n) is 3.10. The molecule has 0 radical (unpaired) electrons. The average molecular weight is 156 g/mol. The molecule has 0 saturated carbocycles. The first-order valence-corrected chi connectivity index (χ1v) is 5.07. The van der Waals surface area contributed by atoms with Crippen LogP contribution in [-0.4, -0.2) is 30.2 Å². The van der Waals surface area contributed by atoms with E-state index in [0.717, 1.165) is 6.04 Å². The molecular weight excluding hydrogens is 134 g/mol. The minimum Gasteiger partial charge on any atom is -0.312 e. The van der Waals surface area contributed by atoms with Crippen molar-refractivity contribution in [1.29, 1.82) is 0 Å². The van der Waals surface area contributed by atoms with Crippen molar-refractivity contribution in [3.8, 4) is 0 Å². The quantitative estimate of drug-likeness (QED) is 0.326. The second kappa shape index (κ2) is 3.57. The van der Waals surface area contributed by atoms with Gasteiger partial charge in [0.15, 0.2) is 0 Å². The zero-order valence-corrected chi connectivity index (χ0v) is 8.27. The molecule has 11 heavy (non-hydrogen) atoms. The van der Waals surface area contributed by atoms with Crippen LogP contribution in [0.2, 0.25) is 0 Å². The third-order valence-corrected chi connectivity index (χ3v) is 3.10. The third kappa shape index (κ3) is 2.19. The SMILES string of the molecule is CCCCC[N+]1(C(C)C)CC1. The van der Waals surface area contributed by atoms with Crippen LogP contribution in [0.4, 0.5) is 0 Å². The monoisotopic (exact) mass is 156 g/mol. The van der Waals surface area contributed by atoms with E-state index in [4.69, 9.17) is 0 Å². The summed E-state index contributed by atoms with van der Waals surface area (Å²) in [7, 11) is 0. The molecule has 0 bridgehead atoms. The van der Waals surface area contributed by atoms with Crippen molar-refractivity contribution in [2.45, 2.75) is 46.1 Å². The Bertz CT molecular complexity index is 114. The predicted molar refractivity (Wildman–Crippen MR) is 49.5 cm³/mol. The topological polar surface area (TPSA) is 0 Å². The highest BCUT2D eigenvalue weighted by atomic mass is 15.5. The molecule has 1 heteroatoms. The van der Waals surface area contributed by atoms with Gasteiger partial charge in [-0.15, -0.1) is 0 Å². The Morgan fingerprint density at radius 3 is 2.18 bits per heavy atom. The van der Waals surface area contributed by atoms with Gasteiger partial charge in [-0.25, -0.2) is 0 Å². The Morgan fingerprint density at radius 2 is 1.82 bits per heavy atom. The Morgan fingerprint density at radius 1 is 1.18 bits per heavy atom. The van der Waals surface area contributed by atoms with Gasteiger partial charge < -0.3 is 4.48 Å². The van der Waals surface area contributed by atoms with Crippen molar-refractivity contribution in [3.63, 3.8) is 0 Å². The molecule has 1 rings (SSSR count). The van der Waals surface area contributed by atoms with Gasteiger partial charge in [-0.05, 0) is 26.7 Å². The van der Waals surface area contributed by atoms with Crippen molar-refractivity contribution >= 4 is 0 Å². The Hall–Kier alpha value is -0.0400. The van der Waals surface area contributed by atoms with E-state index in [1.54, 1.807) is 0 Å². The number of unbranched alkanes of at least 4 members (excludes halogenated alkanes) is 2. The van der Waals surface area contributed by atoms with Crippen molar-refractivity contribution in [2.75, 3.05) is 19.6 Å². The van der Waals surface area contributed by atoms with E-state index >= 15 is 0 Å². The molecule has 0 N–H and O–H groups in total. The molecular formula is C10H22N+. The maximum atomic E-state index is 2.36. The van der Waals surface area contributed by atoms with Gasteiger partial charge in [0, 0.05) is 0 Å². The first-order valence-electron chi connectivity index (χ1n) is 5.07. The highest BCUT2D eigenvalue weighted by Gasteiger charge is 2.43. The zero-order chi connectivity index (χ0) is 8.32. The molecule has 0 unspecified atom stereocenters. The van der Waals surface area contributed by atoms with Gasteiger partial charge in [-0.3, -0.25) is 0 Å². The maximum absolute atomic E-state index is 2.36. The standard InChI is InChI=1S/C10H22N/c1-4-5-6-7-11(8-9-11)10(2)3/h10H,4-9H2,1-3H3/q+1. The van der Waals surface area contributed by atoms with E-state index in [2.05, 4.69) is 20.8 Å². The first kappa shape index (κ1) is 9.05. The van der Waals surface area contributed by atoms with Gasteiger partial charge in [0.05, 0.1) is 12.6 Å². The fraction of sp³-hybridized carbons (Fsp3) is 1.00. The van der Waals surface area contributed by atoms with Crippen molar-refractivity contribution in [1.82, 2.24) is 0 Å². The molecule has 1 saturated heterocycles. The smallest absolute Gasteiger partial charge is 0.129 e. The molecule has 0 aromatic rings. The van der Waals surface area contributed by atoms with Crippen LogP contribution in [0.1, 0.15) is 40.0 Å². The number of hydrogen-bond donors (Lipinski definition) is 0. The second-order valence-corrected chi connectivity index (χ2v) is 4.19. The molecule has 1 aliphatic rings. The minimum absolute atomic E-state index is 0.867. The van der Waals surface area contributed by atoms with Crippen LogP contribution in [0.3, 0.4) is 0 Å². The highest BCUT2D eigenvalue weighted by molar-refractivity contribution is 4.60. The van der Waals surface area contributed by atoms with Crippen LogP contribution in [0.5, 0.6) is 0 Å². The summed E-state index contributed by atoms with van der Waals surface area (Å²) in [5.74, 6) is 0. The molecule has 0 atom stereocenters. The summed E-state index contributed by atoms with van der Waals surface area (Å²) in [6.45, 7) is 11.3. The molecule has 0 amide bonds. The summed E-state index contributed by atoms with van der Waals surface area (Å²) in [4.78, 5) is 0. The van der Waals surface area contributed by atoms with Gasteiger partial charge >= 0.3 is 0 Å². The Kier molecular flexibility index (Phi) is 2.94. The van der Waals surface area contributed by atoms with E-state index < -0.39 is 0 Å². The van der Waals surface area contributed by atoms with Crippen LogP contribution < -0.4 is 0 Å². The van der Waals surface area contributed by atoms with Gasteiger partial charge in [-0.1, -0.05) is 13.3 Å². The zero-order valence-electron chi connectivity index (χ0n) is 8.27. The molecule has 1 fully saturated rings. The van der Waals surface area contributed by atoms with Crippen LogP contribution in [0.25, 0.3) is 0 Å². The maximum Gasteiger partial charge on any atom is 0.129 e. The molecule has 0 aliphatic carbocycles. The number of nitrogens with zero attached hydrogens (tertiary/aromatic N) is 1. The molecule has 66 valence electrons. The predicted octanol–water partition coefficient (Wildman–Crippen LogP) is 2.42. The van der Waals surface area contributed by atoms with E-state index in [1.165, 1.54) is 43.4 Å². The van der Waals surface area contributed by atoms with E-state index in [1.807, 2.05) is 0 Å². The number of rotatable bonds is 5. The van der Waals surface area contributed by atoms with Gasteiger partial charge in [0.1, 0.15) is 13.1 Å². The van der Waals surface area contributed by atoms with E-state index in [0.29, 0.717) is 0 Å². The minimum atomic E-state index is 0.867. The first-order chi connectivity index (χ1) is 5.21. The molecule has 1 nitrogen and oxygen atoms in total. The molecule has 0 aromatic heterocycles. The molecule has 1 heterocycles. The normalized spacial score (nSPS) is 20.7. The largest absolute Gasteiger partial charge is 0.312 e. The average Bonchev–Trinajstić information content (AvgIpc) is 2.70. The lowest BCUT2D eigenvalue weighted by atomic mass is 10.2. The lowest BCUT2D eigenvalue weighted by Crippen LogP contribution is -2.34.